The molecule has 0 aliphatic heterocycles. The van der Waals surface area contributed by atoms with Crippen LogP contribution in [0.2, 0.25) is 0 Å². The Morgan fingerprint density at radius 2 is 1.38 bits per heavy atom. The van der Waals surface area contributed by atoms with E-state index >= 15 is 0 Å². The second-order valence-corrected chi connectivity index (χ2v) is 12.1. The molecule has 0 amide bonds. The molecule has 0 fully saturated rings. The van der Waals surface area contributed by atoms with Crippen LogP contribution in [0.15, 0.2) is 116 Å². The third-order valence-electron chi connectivity index (χ3n) is 8.29. The third kappa shape index (κ3) is 8.63. The maximum Gasteiger partial charge on any atom is 0.348 e. The monoisotopic (exact) mass is 739 g/mol. The fourth-order valence-electron chi connectivity index (χ4n) is 5.52. The predicted octanol–water partition coefficient (Wildman–Crippen LogP) is 8.52. The van der Waals surface area contributed by atoms with E-state index in [1.807, 2.05) is 67.3 Å². The van der Waals surface area contributed by atoms with Crippen LogP contribution in [0.5, 0.6) is 0 Å². The van der Waals surface area contributed by atoms with Crippen molar-refractivity contribution >= 4 is 61.2 Å². The van der Waals surface area contributed by atoms with Crippen LogP contribution in [-0.4, -0.2) is 54.2 Å². The number of imidazole rings is 4. The van der Waals surface area contributed by atoms with E-state index in [4.69, 9.17) is 0 Å². The Balaban J connectivity index is 0.000000126. The molecule has 0 saturated heterocycles. The highest BCUT2D eigenvalue weighted by Crippen LogP contribution is 2.30. The average Bonchev–Trinajstić information content (AvgIpc) is 4.00. The van der Waals surface area contributed by atoms with Gasteiger partial charge in [-0.05, 0) is 42.8 Å². The molecule has 0 aliphatic carbocycles. The van der Waals surface area contributed by atoms with Gasteiger partial charge < -0.3 is 19.5 Å². The van der Waals surface area contributed by atoms with Crippen LogP contribution in [0.3, 0.4) is 0 Å². The number of hydrogen-bond donors (Lipinski definition) is 3. The molecule has 3 N–H and O–H groups in total. The Morgan fingerprint density at radius 1 is 0.655 bits per heavy atom. The maximum absolute atomic E-state index is 10.6. The van der Waals surface area contributed by atoms with E-state index in [0.29, 0.717) is 16.6 Å². The normalized spacial score (nSPS) is 10.6. The van der Waals surface area contributed by atoms with Crippen LogP contribution in [-0.2, 0) is 13.5 Å². The highest BCUT2D eigenvalue weighted by molar-refractivity contribution is 5.82. The molecule has 5 aromatic carbocycles. The number of rotatable bonds is 5. The molecule has 55 heavy (non-hydrogen) atoms. The average molecular weight is 740 g/mol. The van der Waals surface area contributed by atoms with Gasteiger partial charge >= 0.3 is 11.4 Å². The van der Waals surface area contributed by atoms with Gasteiger partial charge in [-0.15, -0.1) is 0 Å². The van der Waals surface area contributed by atoms with Crippen molar-refractivity contribution in [3.8, 4) is 11.4 Å². The number of aromatic amines is 3. The Morgan fingerprint density at radius 3 is 2.09 bits per heavy atom. The van der Waals surface area contributed by atoms with Crippen LogP contribution in [0.4, 0.5) is 17.1 Å². The van der Waals surface area contributed by atoms with Gasteiger partial charge in [-0.2, -0.15) is 0 Å². The van der Waals surface area contributed by atoms with E-state index < -0.39 is 26.1 Å². The number of nitrogens with one attached hydrogen (secondary N) is 3. The molecule has 17 heteroatoms. The lowest BCUT2D eigenvalue weighted by Gasteiger charge is -1.94. The van der Waals surface area contributed by atoms with Gasteiger partial charge in [0.15, 0.2) is 0 Å². The third-order valence-corrected chi connectivity index (χ3v) is 8.29. The molecular formula is C38H33N11O6. The summed E-state index contributed by atoms with van der Waals surface area (Å²) in [6.45, 7) is 4.06. The summed E-state index contributed by atoms with van der Waals surface area (Å²) < 4.78 is 2.01. The summed E-state index contributed by atoms with van der Waals surface area (Å²) in [5.74, 6) is 1.78. The summed E-state index contributed by atoms with van der Waals surface area (Å²) in [6, 6.07) is 31.3. The topological polar surface area (TPSA) is 233 Å². The smallest absolute Gasteiger partial charge is 0.344 e. The number of aryl methyl sites for hydroxylation is 3. The number of fused-ring (bicyclic) bond motifs is 4. The largest absolute Gasteiger partial charge is 0.348 e. The van der Waals surface area contributed by atoms with Crippen molar-refractivity contribution in [2.24, 2.45) is 7.05 Å². The van der Waals surface area contributed by atoms with E-state index in [0.717, 1.165) is 57.8 Å². The number of nitro benzene ring substituents is 3. The minimum absolute atomic E-state index is 0.0756. The Hall–Kier alpha value is -7.82. The number of aromatic nitrogens is 8. The summed E-state index contributed by atoms with van der Waals surface area (Å²) in [5, 5.41) is 31.6. The molecule has 0 bridgehead atoms. The second-order valence-electron chi connectivity index (χ2n) is 12.1. The molecule has 0 spiro atoms. The fraction of sp³-hybridized carbons (Fsp3) is 0.105. The predicted molar refractivity (Wildman–Crippen MR) is 209 cm³/mol. The van der Waals surface area contributed by atoms with E-state index in [1.165, 1.54) is 29.5 Å². The Bertz CT molecular complexity index is 2740. The van der Waals surface area contributed by atoms with Crippen molar-refractivity contribution < 1.29 is 14.8 Å². The first-order chi connectivity index (χ1) is 26.5. The van der Waals surface area contributed by atoms with Gasteiger partial charge in [0.1, 0.15) is 11.6 Å². The lowest BCUT2D eigenvalue weighted by atomic mass is 10.2. The SMILES string of the molecule is CCc1nc2cc([N+](=O)[O-])ccc2[nH]1.Cc1ccc2nc(-c3ccccc3)[nH]c2c1.Cn1cnc2ccccc21.O=[N+]([O-])c1cc2nc[nH]c2cc1[N+](=O)[O-]. The molecule has 4 aromatic heterocycles. The lowest BCUT2D eigenvalue weighted by Crippen LogP contribution is -1.96. The maximum atomic E-state index is 10.6. The van der Waals surface area contributed by atoms with Crippen LogP contribution in [0.25, 0.3) is 55.5 Å². The van der Waals surface area contributed by atoms with Crippen molar-refractivity contribution in [1.82, 2.24) is 39.5 Å². The molecule has 9 rings (SSSR count). The number of nitrogens with zero attached hydrogens (tertiary/aromatic N) is 8. The molecule has 276 valence electrons. The van der Waals surface area contributed by atoms with Crippen LogP contribution >= 0.6 is 0 Å². The zero-order valence-electron chi connectivity index (χ0n) is 29.7. The summed E-state index contributed by atoms with van der Waals surface area (Å²) in [5.41, 5.74) is 7.91. The summed E-state index contributed by atoms with van der Waals surface area (Å²) in [4.78, 5) is 55.4. The fourth-order valence-corrected chi connectivity index (χ4v) is 5.52. The summed E-state index contributed by atoms with van der Waals surface area (Å²) in [7, 11) is 2.00. The highest BCUT2D eigenvalue weighted by atomic mass is 16.6. The van der Waals surface area contributed by atoms with E-state index in [2.05, 4.69) is 72.1 Å². The number of non-ortho nitro benzene ring substituents is 1. The summed E-state index contributed by atoms with van der Waals surface area (Å²) >= 11 is 0. The number of hydrogen-bond acceptors (Lipinski definition) is 10. The van der Waals surface area contributed by atoms with Gasteiger partial charge in [0, 0.05) is 37.2 Å². The first-order valence-corrected chi connectivity index (χ1v) is 16.8. The number of benzene rings is 5. The van der Waals surface area contributed by atoms with Crippen LogP contribution in [0.1, 0.15) is 18.3 Å². The molecule has 0 aliphatic rings. The molecule has 9 aromatic rings. The van der Waals surface area contributed by atoms with E-state index in [1.54, 1.807) is 6.07 Å². The molecular weight excluding hydrogens is 706 g/mol. The van der Waals surface area contributed by atoms with Crippen LogP contribution in [0, 0.1) is 37.3 Å². The molecule has 0 radical (unpaired) electrons. The van der Waals surface area contributed by atoms with Crippen molar-refractivity contribution in [3.05, 3.63) is 158 Å². The number of nitro groups is 3. The minimum Gasteiger partial charge on any atom is -0.344 e. The van der Waals surface area contributed by atoms with Crippen molar-refractivity contribution in [2.45, 2.75) is 20.3 Å². The number of H-pyrrole nitrogens is 3. The molecule has 4 heterocycles. The highest BCUT2D eigenvalue weighted by Gasteiger charge is 2.25. The zero-order valence-corrected chi connectivity index (χ0v) is 29.7. The van der Waals surface area contributed by atoms with Gasteiger partial charge in [0.05, 0.1) is 77.6 Å². The molecule has 0 saturated carbocycles. The molecule has 17 nitrogen and oxygen atoms in total. The van der Waals surface area contributed by atoms with Crippen molar-refractivity contribution in [2.75, 3.05) is 0 Å². The van der Waals surface area contributed by atoms with E-state index in [-0.39, 0.29) is 5.69 Å². The van der Waals surface area contributed by atoms with Gasteiger partial charge in [-0.25, -0.2) is 19.9 Å². The van der Waals surface area contributed by atoms with Gasteiger partial charge in [0.25, 0.3) is 5.69 Å². The summed E-state index contributed by atoms with van der Waals surface area (Å²) in [6.07, 6.45) is 3.94. The Labute approximate surface area is 311 Å². The molecule has 0 atom stereocenters. The standard InChI is InChI=1S/C14H12N2.C9H9N3O2.C8H8N2.C7H4N4O4/c1-10-7-8-12-13(9-10)16-14(15-12)11-5-3-2-4-6-11;1-2-9-10-7-4-3-6(12(13)14)5-8(7)11-9;1-10-6-9-7-4-2-3-5-8(7)10;12-10(13)6-1-4-5(9-3-8-4)2-7(6)11(14)15/h2-9H,1H3,(H,15,16);3-5H,2H2,1H3,(H,10,11);2-6H,1H3;1-3H,(H,8,9). The van der Waals surface area contributed by atoms with Crippen molar-refractivity contribution in [1.29, 1.82) is 0 Å². The van der Waals surface area contributed by atoms with Crippen molar-refractivity contribution in [3.63, 3.8) is 0 Å². The zero-order chi connectivity index (χ0) is 39.1. The van der Waals surface area contributed by atoms with E-state index in [9.17, 15) is 30.3 Å². The Kier molecular flexibility index (Phi) is 10.9. The first-order valence-electron chi connectivity index (χ1n) is 16.8. The minimum atomic E-state index is -0.799. The molecule has 0 unspecified atom stereocenters. The lowest BCUT2D eigenvalue weighted by molar-refractivity contribution is -0.422. The quantitative estimate of drug-likeness (QED) is 0.112. The van der Waals surface area contributed by atoms with Crippen LogP contribution < -0.4 is 0 Å². The van der Waals surface area contributed by atoms with Gasteiger partial charge in [-0.1, -0.05) is 55.5 Å². The first kappa shape index (κ1) is 37.0. The second kappa shape index (κ2) is 16.2. The number of para-hydroxylation sites is 2. The van der Waals surface area contributed by atoms with Gasteiger partial charge in [-0.3, -0.25) is 30.3 Å². The van der Waals surface area contributed by atoms with Gasteiger partial charge in [0.2, 0.25) is 0 Å².